The first-order valence-corrected chi connectivity index (χ1v) is 9.13. The van der Waals surface area contributed by atoms with Gasteiger partial charge >= 0.3 is 12.3 Å². The van der Waals surface area contributed by atoms with Crippen LogP contribution in [0.5, 0.6) is 0 Å². The van der Waals surface area contributed by atoms with Crippen molar-refractivity contribution in [1.82, 2.24) is 20.3 Å². The maximum atomic E-state index is 13.4. The summed E-state index contributed by atoms with van der Waals surface area (Å²) in [5.74, 6) is 0.0421. The summed E-state index contributed by atoms with van der Waals surface area (Å²) < 4.78 is 45.3. The lowest BCUT2D eigenvalue weighted by Crippen LogP contribution is -2.40. The molecule has 3 rings (SSSR count). The van der Waals surface area contributed by atoms with Crippen LogP contribution in [0, 0.1) is 0 Å². The summed E-state index contributed by atoms with van der Waals surface area (Å²) in [4.78, 5) is 25.6. The van der Waals surface area contributed by atoms with Crippen LogP contribution in [0.1, 0.15) is 32.9 Å². The first kappa shape index (κ1) is 20.8. The molecule has 156 valence electrons. The fourth-order valence-corrected chi connectivity index (χ4v) is 2.91. The predicted molar refractivity (Wildman–Crippen MR) is 100 cm³/mol. The van der Waals surface area contributed by atoms with Gasteiger partial charge < -0.3 is 15.0 Å². The number of carbonyl (C=O) groups excluding carboxylic acids is 1. The first-order chi connectivity index (χ1) is 13.5. The number of hydrogen-bond acceptors (Lipinski definition) is 6. The number of alkyl carbamates (subject to hydrolysis) is 1. The summed E-state index contributed by atoms with van der Waals surface area (Å²) in [6.07, 6.45) is -3.15. The summed E-state index contributed by atoms with van der Waals surface area (Å²) in [7, 11) is 0. The van der Waals surface area contributed by atoms with E-state index in [2.05, 4.69) is 20.3 Å². The van der Waals surface area contributed by atoms with Crippen molar-refractivity contribution in [3.63, 3.8) is 0 Å². The number of hydrogen-bond donors (Lipinski definition) is 1. The molecule has 0 aliphatic carbocycles. The summed E-state index contributed by atoms with van der Waals surface area (Å²) >= 11 is 0. The van der Waals surface area contributed by atoms with E-state index in [1.165, 1.54) is 6.20 Å². The molecule has 0 radical (unpaired) electrons. The van der Waals surface area contributed by atoms with Gasteiger partial charge in [0, 0.05) is 25.4 Å². The molecule has 1 N–H and O–H groups in total. The van der Waals surface area contributed by atoms with Crippen LogP contribution in [0.25, 0.3) is 11.5 Å². The quantitative estimate of drug-likeness (QED) is 0.833. The van der Waals surface area contributed by atoms with E-state index in [9.17, 15) is 18.0 Å². The maximum Gasteiger partial charge on any atom is 0.433 e. The van der Waals surface area contributed by atoms with Crippen molar-refractivity contribution in [1.29, 1.82) is 0 Å². The van der Waals surface area contributed by atoms with Gasteiger partial charge in [-0.05, 0) is 39.3 Å². The second-order valence-corrected chi connectivity index (χ2v) is 7.73. The average Bonchev–Trinajstić information content (AvgIpc) is 3.08. The van der Waals surface area contributed by atoms with E-state index in [-0.39, 0.29) is 23.4 Å². The monoisotopic (exact) mass is 409 g/mol. The lowest BCUT2D eigenvalue weighted by Gasteiger charge is -2.22. The van der Waals surface area contributed by atoms with Gasteiger partial charge in [0.15, 0.2) is 11.5 Å². The maximum absolute atomic E-state index is 13.4. The zero-order valence-corrected chi connectivity index (χ0v) is 16.3. The van der Waals surface area contributed by atoms with E-state index in [1.54, 1.807) is 43.9 Å². The van der Waals surface area contributed by atoms with E-state index in [0.29, 0.717) is 19.5 Å². The molecule has 7 nitrogen and oxygen atoms in total. The molecule has 1 saturated heterocycles. The van der Waals surface area contributed by atoms with Crippen molar-refractivity contribution < 1.29 is 22.7 Å². The zero-order chi connectivity index (χ0) is 21.2. The minimum Gasteiger partial charge on any atom is -0.444 e. The third-order valence-electron chi connectivity index (χ3n) is 4.13. The number of pyridine rings is 1. The molecular formula is C19H22F3N5O2. The molecule has 1 aliphatic rings. The number of nitrogens with zero attached hydrogens (tertiary/aromatic N) is 4. The zero-order valence-electron chi connectivity index (χ0n) is 16.3. The van der Waals surface area contributed by atoms with Crippen molar-refractivity contribution in [3.8, 4) is 11.5 Å². The van der Waals surface area contributed by atoms with Crippen LogP contribution in [-0.4, -0.2) is 45.8 Å². The Labute approximate surface area is 166 Å². The summed E-state index contributed by atoms with van der Waals surface area (Å²) in [5, 5.41) is 2.75. The van der Waals surface area contributed by atoms with Crippen molar-refractivity contribution in [2.45, 2.75) is 45.0 Å². The fraction of sp³-hybridized carbons (Fsp3) is 0.474. The first-order valence-electron chi connectivity index (χ1n) is 9.13. The Morgan fingerprint density at radius 3 is 2.62 bits per heavy atom. The molecular weight excluding hydrogens is 387 g/mol. The highest BCUT2D eigenvalue weighted by Gasteiger charge is 2.35. The molecule has 29 heavy (non-hydrogen) atoms. The largest absolute Gasteiger partial charge is 0.444 e. The number of anilines is 1. The van der Waals surface area contributed by atoms with Gasteiger partial charge in [-0.15, -0.1) is 0 Å². The summed E-state index contributed by atoms with van der Waals surface area (Å²) in [6.45, 7) is 6.02. The molecule has 0 aromatic carbocycles. The molecule has 3 heterocycles. The third kappa shape index (κ3) is 5.55. The molecule has 1 atom stereocenters. The third-order valence-corrected chi connectivity index (χ3v) is 4.13. The van der Waals surface area contributed by atoms with Gasteiger partial charge in [-0.2, -0.15) is 13.2 Å². The SMILES string of the molecule is CC(C)(C)OC(=O)N[C@H]1CCN(c2cc(C(F)(F)F)nc(-c3ccccn3)n2)C1. The van der Waals surface area contributed by atoms with Gasteiger partial charge in [0.1, 0.15) is 17.1 Å². The highest BCUT2D eigenvalue weighted by molar-refractivity contribution is 5.68. The number of amides is 1. The molecule has 0 bridgehead atoms. The average molecular weight is 409 g/mol. The second-order valence-electron chi connectivity index (χ2n) is 7.73. The van der Waals surface area contributed by atoms with Crippen molar-refractivity contribution in [2.75, 3.05) is 18.0 Å². The number of nitrogens with one attached hydrogen (secondary N) is 1. The number of carbonyl (C=O) groups is 1. The highest BCUT2D eigenvalue weighted by atomic mass is 19.4. The molecule has 1 fully saturated rings. The Bertz CT molecular complexity index is 868. The topological polar surface area (TPSA) is 80.2 Å². The second kappa shape index (κ2) is 7.84. The Kier molecular flexibility index (Phi) is 5.63. The highest BCUT2D eigenvalue weighted by Crippen LogP contribution is 2.32. The van der Waals surface area contributed by atoms with Gasteiger partial charge in [0.25, 0.3) is 0 Å². The van der Waals surface area contributed by atoms with E-state index in [1.807, 2.05) is 0 Å². The molecule has 0 spiro atoms. The van der Waals surface area contributed by atoms with Crippen LogP contribution in [0.3, 0.4) is 0 Å². The van der Waals surface area contributed by atoms with Crippen LogP contribution in [-0.2, 0) is 10.9 Å². The van der Waals surface area contributed by atoms with Crippen molar-refractivity contribution in [2.24, 2.45) is 0 Å². The Morgan fingerprint density at radius 1 is 1.24 bits per heavy atom. The van der Waals surface area contributed by atoms with Crippen molar-refractivity contribution in [3.05, 3.63) is 36.2 Å². The Balaban J connectivity index is 1.81. The van der Waals surface area contributed by atoms with Gasteiger partial charge in [0.05, 0.1) is 6.04 Å². The smallest absolute Gasteiger partial charge is 0.433 e. The molecule has 2 aromatic heterocycles. The van der Waals surface area contributed by atoms with E-state index in [0.717, 1.165) is 6.07 Å². The van der Waals surface area contributed by atoms with Gasteiger partial charge in [-0.3, -0.25) is 4.98 Å². The normalized spacial score (nSPS) is 17.3. The van der Waals surface area contributed by atoms with Crippen LogP contribution in [0.15, 0.2) is 30.5 Å². The number of halogens is 3. The molecule has 2 aromatic rings. The lowest BCUT2D eigenvalue weighted by atomic mass is 10.2. The summed E-state index contributed by atoms with van der Waals surface area (Å²) in [5.41, 5.74) is -1.41. The standard InChI is InChI=1S/C19H22F3N5O2/c1-18(2,3)29-17(28)24-12-7-9-27(11-12)15-10-14(19(20,21)22)25-16(26-15)13-6-4-5-8-23-13/h4-6,8,10,12H,7,9,11H2,1-3H3,(H,24,28)/t12-/m0/s1. The molecule has 10 heteroatoms. The van der Waals surface area contributed by atoms with Gasteiger partial charge in [-0.1, -0.05) is 6.07 Å². The minimum absolute atomic E-state index is 0.0982. The molecule has 0 saturated carbocycles. The van der Waals surface area contributed by atoms with E-state index < -0.39 is 23.6 Å². The van der Waals surface area contributed by atoms with Crippen LogP contribution < -0.4 is 10.2 Å². The lowest BCUT2D eigenvalue weighted by molar-refractivity contribution is -0.141. The molecule has 1 aliphatic heterocycles. The summed E-state index contributed by atoms with van der Waals surface area (Å²) in [6, 6.07) is 5.53. The molecule has 1 amide bonds. The minimum atomic E-state index is -4.62. The van der Waals surface area contributed by atoms with E-state index >= 15 is 0 Å². The fourth-order valence-electron chi connectivity index (χ4n) is 2.91. The van der Waals surface area contributed by atoms with Crippen LogP contribution in [0.4, 0.5) is 23.8 Å². The number of rotatable bonds is 3. The molecule has 0 unspecified atom stereocenters. The number of alkyl halides is 3. The number of ether oxygens (including phenoxy) is 1. The number of aromatic nitrogens is 3. The van der Waals surface area contributed by atoms with Crippen molar-refractivity contribution >= 4 is 11.9 Å². The van der Waals surface area contributed by atoms with E-state index in [4.69, 9.17) is 4.74 Å². The predicted octanol–water partition coefficient (Wildman–Crippen LogP) is 3.66. The van der Waals surface area contributed by atoms with Crippen LogP contribution >= 0.6 is 0 Å². The Hall–Kier alpha value is -2.91. The van der Waals surface area contributed by atoms with Gasteiger partial charge in [-0.25, -0.2) is 14.8 Å². The van der Waals surface area contributed by atoms with Gasteiger partial charge in [0.2, 0.25) is 0 Å². The van der Waals surface area contributed by atoms with Crippen LogP contribution in [0.2, 0.25) is 0 Å². The Morgan fingerprint density at radius 2 is 2.00 bits per heavy atom.